The maximum Gasteiger partial charge on any atom is 0.326 e. The maximum atomic E-state index is 12.8. The van der Waals surface area contributed by atoms with Crippen molar-refractivity contribution < 1.29 is 29.0 Å². The summed E-state index contributed by atoms with van der Waals surface area (Å²) >= 11 is 0. The van der Waals surface area contributed by atoms with Gasteiger partial charge in [-0.3, -0.25) is 14.4 Å². The molecule has 0 unspecified atom stereocenters. The van der Waals surface area contributed by atoms with Gasteiger partial charge in [0.05, 0.1) is 18.5 Å². The molecule has 1 aliphatic rings. The van der Waals surface area contributed by atoms with Crippen LogP contribution in [0.5, 0.6) is 5.75 Å². The molecular formula is C20H27N3O6. The third kappa shape index (κ3) is 5.69. The van der Waals surface area contributed by atoms with E-state index in [2.05, 4.69) is 10.6 Å². The molecule has 3 N–H and O–H groups in total. The second-order valence-electron chi connectivity index (χ2n) is 7.10. The lowest BCUT2D eigenvalue weighted by Crippen LogP contribution is -2.53. The van der Waals surface area contributed by atoms with E-state index < -0.39 is 36.3 Å². The number of amides is 3. The number of benzene rings is 1. The number of carboxylic acids is 1. The van der Waals surface area contributed by atoms with E-state index in [9.17, 15) is 24.3 Å². The SMILES string of the molecule is CC[C@H](C)[C@@H]1NC(=O)C[C@@H](C(=O)O)NC(=O)c2ccccc2OCCN(C)C1=O. The first-order chi connectivity index (χ1) is 13.7. The summed E-state index contributed by atoms with van der Waals surface area (Å²) in [4.78, 5) is 50.9. The fraction of sp³-hybridized carbons (Fsp3) is 0.500. The summed E-state index contributed by atoms with van der Waals surface area (Å²) in [5.74, 6) is -2.77. The summed E-state index contributed by atoms with van der Waals surface area (Å²) in [6.45, 7) is 4.13. The zero-order valence-electron chi connectivity index (χ0n) is 16.8. The molecular weight excluding hydrogens is 378 g/mol. The highest BCUT2D eigenvalue weighted by Gasteiger charge is 2.31. The molecule has 3 amide bonds. The van der Waals surface area contributed by atoms with Crippen LogP contribution in [0.15, 0.2) is 24.3 Å². The quantitative estimate of drug-likeness (QED) is 0.678. The van der Waals surface area contributed by atoms with Crippen LogP contribution in [-0.2, 0) is 14.4 Å². The number of hydrogen-bond acceptors (Lipinski definition) is 5. The van der Waals surface area contributed by atoms with Crippen molar-refractivity contribution in [1.29, 1.82) is 0 Å². The van der Waals surface area contributed by atoms with Crippen molar-refractivity contribution in [2.75, 3.05) is 20.2 Å². The Kier molecular flexibility index (Phi) is 7.58. The van der Waals surface area contributed by atoms with Gasteiger partial charge in [0.15, 0.2) is 0 Å². The highest BCUT2D eigenvalue weighted by molar-refractivity contribution is 6.00. The summed E-state index contributed by atoms with van der Waals surface area (Å²) in [7, 11) is 1.61. The molecule has 3 atom stereocenters. The molecule has 2 rings (SSSR count). The molecule has 1 heterocycles. The summed E-state index contributed by atoms with van der Waals surface area (Å²) < 4.78 is 5.67. The average Bonchev–Trinajstić information content (AvgIpc) is 2.69. The molecule has 0 saturated carbocycles. The number of nitrogens with one attached hydrogen (secondary N) is 2. The Morgan fingerprint density at radius 2 is 1.97 bits per heavy atom. The number of carbonyl (C=O) groups is 4. The summed E-state index contributed by atoms with van der Waals surface area (Å²) in [5, 5.41) is 14.4. The number of rotatable bonds is 3. The van der Waals surface area contributed by atoms with Gasteiger partial charge in [-0.1, -0.05) is 32.4 Å². The normalized spacial score (nSPS) is 22.4. The first-order valence-corrected chi connectivity index (χ1v) is 9.54. The van der Waals surface area contributed by atoms with Gasteiger partial charge >= 0.3 is 5.97 Å². The summed E-state index contributed by atoms with van der Waals surface area (Å²) in [6, 6.07) is 4.17. The van der Waals surface area contributed by atoms with Crippen LogP contribution >= 0.6 is 0 Å². The van der Waals surface area contributed by atoms with Gasteiger partial charge in [0.2, 0.25) is 11.8 Å². The highest BCUT2D eigenvalue weighted by atomic mass is 16.5. The lowest BCUT2D eigenvalue weighted by atomic mass is 9.97. The first kappa shape index (κ1) is 22.2. The smallest absolute Gasteiger partial charge is 0.326 e. The van der Waals surface area contributed by atoms with Gasteiger partial charge in [-0.05, 0) is 18.1 Å². The van der Waals surface area contributed by atoms with Crippen LogP contribution in [0.3, 0.4) is 0 Å². The van der Waals surface area contributed by atoms with Crippen LogP contribution in [-0.4, -0.2) is 66.0 Å². The van der Waals surface area contributed by atoms with Crippen molar-refractivity contribution in [3.8, 4) is 5.75 Å². The summed E-state index contributed by atoms with van der Waals surface area (Å²) in [6.07, 6.45) is 0.154. The fourth-order valence-corrected chi connectivity index (χ4v) is 2.96. The summed E-state index contributed by atoms with van der Waals surface area (Å²) in [5.41, 5.74) is 0.155. The molecule has 9 nitrogen and oxygen atoms in total. The molecule has 0 bridgehead atoms. The van der Waals surface area contributed by atoms with Crippen molar-refractivity contribution in [2.45, 2.75) is 38.8 Å². The van der Waals surface area contributed by atoms with E-state index in [0.29, 0.717) is 6.42 Å². The molecule has 0 fully saturated rings. The number of aliphatic carboxylic acids is 1. The number of ether oxygens (including phenoxy) is 1. The topological polar surface area (TPSA) is 125 Å². The van der Waals surface area contributed by atoms with E-state index in [-0.39, 0.29) is 36.3 Å². The second kappa shape index (κ2) is 9.90. The minimum atomic E-state index is -1.44. The Bertz CT molecular complexity index is 781. The van der Waals surface area contributed by atoms with Crippen LogP contribution in [0.4, 0.5) is 0 Å². The number of carbonyl (C=O) groups excluding carboxylic acids is 3. The third-order valence-electron chi connectivity index (χ3n) is 4.98. The lowest BCUT2D eigenvalue weighted by molar-refractivity contribution is -0.142. The van der Waals surface area contributed by atoms with Crippen molar-refractivity contribution in [1.82, 2.24) is 15.5 Å². The number of fused-ring (bicyclic) bond motifs is 1. The van der Waals surface area contributed by atoms with E-state index in [1.165, 1.54) is 11.0 Å². The van der Waals surface area contributed by atoms with E-state index in [1.54, 1.807) is 25.2 Å². The van der Waals surface area contributed by atoms with Crippen LogP contribution in [0.25, 0.3) is 0 Å². The Balaban J connectivity index is 2.37. The van der Waals surface area contributed by atoms with Crippen molar-refractivity contribution in [2.24, 2.45) is 5.92 Å². The van der Waals surface area contributed by atoms with Gasteiger partial charge in [-0.25, -0.2) is 4.79 Å². The molecule has 1 aromatic rings. The number of carboxylic acid groups (broad SMARTS) is 1. The molecule has 0 radical (unpaired) electrons. The molecule has 1 aliphatic heterocycles. The van der Waals surface area contributed by atoms with Crippen molar-refractivity contribution >= 4 is 23.7 Å². The Hall–Kier alpha value is -3.10. The second-order valence-corrected chi connectivity index (χ2v) is 7.10. The van der Waals surface area contributed by atoms with Crippen LogP contribution in [0.1, 0.15) is 37.0 Å². The molecule has 0 aliphatic carbocycles. The number of para-hydroxylation sites is 1. The molecule has 9 heteroatoms. The van der Waals surface area contributed by atoms with Crippen LogP contribution in [0.2, 0.25) is 0 Å². The number of nitrogens with zero attached hydrogens (tertiary/aromatic N) is 1. The zero-order chi connectivity index (χ0) is 21.6. The lowest BCUT2D eigenvalue weighted by Gasteiger charge is -2.29. The van der Waals surface area contributed by atoms with Crippen molar-refractivity contribution in [3.63, 3.8) is 0 Å². The van der Waals surface area contributed by atoms with E-state index in [4.69, 9.17) is 4.74 Å². The number of hydrogen-bond donors (Lipinski definition) is 3. The van der Waals surface area contributed by atoms with Crippen LogP contribution < -0.4 is 15.4 Å². The molecule has 0 spiro atoms. The monoisotopic (exact) mass is 405 g/mol. The average molecular weight is 405 g/mol. The predicted molar refractivity (Wildman–Crippen MR) is 104 cm³/mol. The fourth-order valence-electron chi connectivity index (χ4n) is 2.96. The highest BCUT2D eigenvalue weighted by Crippen LogP contribution is 2.19. The van der Waals surface area contributed by atoms with Gasteiger partial charge < -0.3 is 25.4 Å². The molecule has 29 heavy (non-hydrogen) atoms. The predicted octanol–water partition coefficient (Wildman–Crippen LogP) is 0.641. The standard InChI is InChI=1S/C20H27N3O6/c1-4-12(2)17-19(26)23(3)9-10-29-15-8-6-5-7-13(15)18(25)21-14(20(27)28)11-16(24)22-17/h5-8,12,14,17H,4,9-11H2,1-3H3,(H,21,25)(H,22,24)(H,27,28)/t12-,14-,17-/m0/s1. The molecule has 0 saturated heterocycles. The van der Waals surface area contributed by atoms with Gasteiger partial charge in [-0.2, -0.15) is 0 Å². The maximum absolute atomic E-state index is 12.8. The zero-order valence-corrected chi connectivity index (χ0v) is 16.8. The van der Waals surface area contributed by atoms with Gasteiger partial charge in [0, 0.05) is 7.05 Å². The van der Waals surface area contributed by atoms with Gasteiger partial charge in [0.25, 0.3) is 5.91 Å². The minimum absolute atomic E-state index is 0.135. The first-order valence-electron chi connectivity index (χ1n) is 9.54. The van der Waals surface area contributed by atoms with E-state index in [1.807, 2.05) is 13.8 Å². The molecule has 0 aromatic heterocycles. The Morgan fingerprint density at radius 1 is 1.28 bits per heavy atom. The van der Waals surface area contributed by atoms with Crippen molar-refractivity contribution in [3.05, 3.63) is 29.8 Å². The van der Waals surface area contributed by atoms with Crippen LogP contribution in [0, 0.1) is 5.92 Å². The molecule has 1 aromatic carbocycles. The Labute approximate surface area is 169 Å². The van der Waals surface area contributed by atoms with Gasteiger partial charge in [0.1, 0.15) is 24.4 Å². The largest absolute Gasteiger partial charge is 0.491 e. The molecule has 158 valence electrons. The third-order valence-corrected chi connectivity index (χ3v) is 4.98. The van der Waals surface area contributed by atoms with E-state index >= 15 is 0 Å². The minimum Gasteiger partial charge on any atom is -0.491 e. The number of likely N-dealkylation sites (N-methyl/N-ethyl adjacent to an activating group) is 1. The Morgan fingerprint density at radius 3 is 2.62 bits per heavy atom. The van der Waals surface area contributed by atoms with E-state index in [0.717, 1.165) is 0 Å². The van der Waals surface area contributed by atoms with Gasteiger partial charge in [-0.15, -0.1) is 0 Å².